The molecule has 1 aromatic carbocycles. The van der Waals surface area contributed by atoms with Crippen molar-refractivity contribution in [1.29, 1.82) is 0 Å². The number of ether oxygens (including phenoxy) is 1. The van der Waals surface area contributed by atoms with Gasteiger partial charge in [-0.25, -0.2) is 0 Å². The van der Waals surface area contributed by atoms with Gasteiger partial charge < -0.3 is 10.1 Å². The lowest BCUT2D eigenvalue weighted by Gasteiger charge is -2.07. The number of hydrogen-bond acceptors (Lipinski definition) is 3. The first-order valence-corrected chi connectivity index (χ1v) is 7.21. The second kappa shape index (κ2) is 8.56. The lowest BCUT2D eigenvalue weighted by molar-refractivity contribution is 0.305. The van der Waals surface area contributed by atoms with Crippen LogP contribution in [0.5, 0.6) is 5.75 Å². The topological polar surface area (TPSA) is 34.1 Å². The monoisotopic (exact) mass is 290 g/mol. The van der Waals surface area contributed by atoms with Crippen molar-refractivity contribution >= 4 is 11.6 Å². The van der Waals surface area contributed by atoms with E-state index in [1.165, 1.54) is 0 Å². The zero-order valence-corrected chi connectivity index (χ0v) is 12.1. The van der Waals surface area contributed by atoms with Crippen LogP contribution in [0.15, 0.2) is 48.7 Å². The van der Waals surface area contributed by atoms with Gasteiger partial charge in [0.15, 0.2) is 0 Å². The van der Waals surface area contributed by atoms with Gasteiger partial charge in [0, 0.05) is 17.8 Å². The highest BCUT2D eigenvalue weighted by molar-refractivity contribution is 6.30. The molecule has 0 radical (unpaired) electrons. The molecule has 1 N–H and O–H groups in total. The van der Waals surface area contributed by atoms with Gasteiger partial charge in [-0.2, -0.15) is 0 Å². The Balaban J connectivity index is 1.51. The van der Waals surface area contributed by atoms with E-state index in [1.807, 2.05) is 48.7 Å². The number of hydrogen-bond donors (Lipinski definition) is 1. The fourth-order valence-corrected chi connectivity index (χ4v) is 1.92. The molecule has 0 saturated carbocycles. The Hall–Kier alpha value is -1.58. The molecule has 2 rings (SSSR count). The van der Waals surface area contributed by atoms with E-state index in [4.69, 9.17) is 16.3 Å². The molecule has 0 bridgehead atoms. The highest BCUT2D eigenvalue weighted by Gasteiger charge is 1.95. The van der Waals surface area contributed by atoms with Crippen molar-refractivity contribution in [3.05, 3.63) is 59.4 Å². The van der Waals surface area contributed by atoms with Crippen molar-refractivity contribution in [3.63, 3.8) is 0 Å². The molecule has 0 fully saturated rings. The van der Waals surface area contributed by atoms with Crippen molar-refractivity contribution in [2.45, 2.75) is 19.4 Å². The van der Waals surface area contributed by atoms with Crippen molar-refractivity contribution in [3.8, 4) is 5.75 Å². The van der Waals surface area contributed by atoms with E-state index in [9.17, 15) is 0 Å². The lowest BCUT2D eigenvalue weighted by atomic mass is 10.3. The summed E-state index contributed by atoms with van der Waals surface area (Å²) in [6, 6.07) is 13.4. The molecule has 20 heavy (non-hydrogen) atoms. The number of aromatic nitrogens is 1. The smallest absolute Gasteiger partial charge is 0.119 e. The summed E-state index contributed by atoms with van der Waals surface area (Å²) in [7, 11) is 0. The normalized spacial score (nSPS) is 10.4. The van der Waals surface area contributed by atoms with Crippen molar-refractivity contribution in [1.82, 2.24) is 10.3 Å². The first-order valence-electron chi connectivity index (χ1n) is 6.83. The molecule has 0 spiro atoms. The zero-order chi connectivity index (χ0) is 14.0. The van der Waals surface area contributed by atoms with Gasteiger partial charge in [0.2, 0.25) is 0 Å². The van der Waals surface area contributed by atoms with Crippen LogP contribution in [0.3, 0.4) is 0 Å². The van der Waals surface area contributed by atoms with E-state index >= 15 is 0 Å². The first-order chi connectivity index (χ1) is 9.84. The average molecular weight is 291 g/mol. The van der Waals surface area contributed by atoms with Crippen LogP contribution in [0.2, 0.25) is 5.02 Å². The second-order valence-corrected chi connectivity index (χ2v) is 4.94. The molecule has 3 nitrogen and oxygen atoms in total. The Morgan fingerprint density at radius 1 is 1.05 bits per heavy atom. The standard InChI is InChI=1S/C16H19ClN2O/c17-14-6-8-16(9-7-14)20-12-4-3-10-18-13-15-5-1-2-11-19-15/h1-2,5-9,11,18H,3-4,10,12-13H2. The highest BCUT2D eigenvalue weighted by atomic mass is 35.5. The molecule has 0 aliphatic heterocycles. The molecule has 0 aliphatic carbocycles. The van der Waals surface area contributed by atoms with E-state index in [1.54, 1.807) is 0 Å². The number of pyridine rings is 1. The third-order valence-corrected chi connectivity index (χ3v) is 3.11. The van der Waals surface area contributed by atoms with E-state index < -0.39 is 0 Å². The van der Waals surface area contributed by atoms with Gasteiger partial charge in [0.1, 0.15) is 5.75 Å². The molecule has 0 atom stereocenters. The number of nitrogens with one attached hydrogen (secondary N) is 1. The molecule has 0 unspecified atom stereocenters. The molecule has 0 saturated heterocycles. The summed E-state index contributed by atoms with van der Waals surface area (Å²) in [6.45, 7) is 2.52. The average Bonchev–Trinajstić information content (AvgIpc) is 2.49. The lowest BCUT2D eigenvalue weighted by Crippen LogP contribution is -2.16. The van der Waals surface area contributed by atoms with E-state index in [0.29, 0.717) is 0 Å². The Bertz CT molecular complexity index is 488. The third kappa shape index (κ3) is 5.59. The van der Waals surface area contributed by atoms with E-state index in [-0.39, 0.29) is 0 Å². The van der Waals surface area contributed by atoms with Crippen molar-refractivity contribution in [2.24, 2.45) is 0 Å². The van der Waals surface area contributed by atoms with Crippen LogP contribution in [-0.4, -0.2) is 18.1 Å². The summed E-state index contributed by atoms with van der Waals surface area (Å²) in [5.41, 5.74) is 1.07. The van der Waals surface area contributed by atoms with Crippen LogP contribution in [-0.2, 0) is 6.54 Å². The minimum Gasteiger partial charge on any atom is -0.494 e. The predicted molar refractivity (Wildman–Crippen MR) is 82.1 cm³/mol. The van der Waals surface area contributed by atoms with Crippen LogP contribution < -0.4 is 10.1 Å². The minimum atomic E-state index is 0.729. The number of nitrogens with zero attached hydrogens (tertiary/aromatic N) is 1. The Morgan fingerprint density at radius 3 is 2.65 bits per heavy atom. The van der Waals surface area contributed by atoms with Gasteiger partial charge in [-0.3, -0.25) is 4.98 Å². The van der Waals surface area contributed by atoms with Gasteiger partial charge in [-0.15, -0.1) is 0 Å². The molecule has 2 aromatic rings. The number of unbranched alkanes of at least 4 members (excludes halogenated alkanes) is 1. The van der Waals surface area contributed by atoms with Gasteiger partial charge in [-0.1, -0.05) is 17.7 Å². The number of halogens is 1. The molecule has 106 valence electrons. The summed E-state index contributed by atoms with van der Waals surface area (Å²) < 4.78 is 5.63. The van der Waals surface area contributed by atoms with Crippen LogP contribution in [0, 0.1) is 0 Å². The van der Waals surface area contributed by atoms with E-state index in [0.717, 1.165) is 49.0 Å². The van der Waals surface area contributed by atoms with Gasteiger partial charge in [0.25, 0.3) is 0 Å². The fourth-order valence-electron chi connectivity index (χ4n) is 1.79. The molecular weight excluding hydrogens is 272 g/mol. The molecule has 0 amide bonds. The Morgan fingerprint density at radius 2 is 1.90 bits per heavy atom. The molecule has 4 heteroatoms. The molecule has 1 heterocycles. The van der Waals surface area contributed by atoms with Crippen LogP contribution in [0.25, 0.3) is 0 Å². The summed E-state index contributed by atoms with van der Waals surface area (Å²) in [6.07, 6.45) is 3.93. The summed E-state index contributed by atoms with van der Waals surface area (Å²) >= 11 is 5.81. The quantitative estimate of drug-likeness (QED) is 0.753. The van der Waals surface area contributed by atoms with Crippen molar-refractivity contribution in [2.75, 3.05) is 13.2 Å². The number of benzene rings is 1. The fraction of sp³-hybridized carbons (Fsp3) is 0.312. The molecular formula is C16H19ClN2O. The summed E-state index contributed by atoms with van der Waals surface area (Å²) in [4.78, 5) is 4.26. The molecule has 1 aromatic heterocycles. The summed E-state index contributed by atoms with van der Waals surface area (Å²) in [5, 5.41) is 4.10. The van der Waals surface area contributed by atoms with Gasteiger partial charge >= 0.3 is 0 Å². The summed E-state index contributed by atoms with van der Waals surface area (Å²) in [5.74, 6) is 0.871. The zero-order valence-electron chi connectivity index (χ0n) is 11.4. The molecule has 0 aliphatic rings. The third-order valence-electron chi connectivity index (χ3n) is 2.86. The maximum atomic E-state index is 5.81. The van der Waals surface area contributed by atoms with Gasteiger partial charge in [-0.05, 0) is 55.8 Å². The van der Waals surface area contributed by atoms with Gasteiger partial charge in [0.05, 0.1) is 12.3 Å². The predicted octanol–water partition coefficient (Wildman–Crippen LogP) is 3.68. The van der Waals surface area contributed by atoms with E-state index in [2.05, 4.69) is 10.3 Å². The van der Waals surface area contributed by atoms with Crippen LogP contribution >= 0.6 is 11.6 Å². The largest absolute Gasteiger partial charge is 0.494 e. The van der Waals surface area contributed by atoms with Crippen LogP contribution in [0.1, 0.15) is 18.5 Å². The Labute approximate surface area is 124 Å². The maximum absolute atomic E-state index is 5.81. The van der Waals surface area contributed by atoms with Crippen LogP contribution in [0.4, 0.5) is 0 Å². The Kier molecular flexibility index (Phi) is 6.35. The SMILES string of the molecule is Clc1ccc(OCCCCNCc2ccccn2)cc1. The number of rotatable bonds is 8. The maximum Gasteiger partial charge on any atom is 0.119 e. The highest BCUT2D eigenvalue weighted by Crippen LogP contribution is 2.15. The first kappa shape index (κ1) is 14.8. The second-order valence-electron chi connectivity index (χ2n) is 4.51. The minimum absolute atomic E-state index is 0.729. The van der Waals surface area contributed by atoms with Crippen molar-refractivity contribution < 1.29 is 4.74 Å².